The predicted molar refractivity (Wildman–Crippen MR) is 226 cm³/mol. The van der Waals surface area contributed by atoms with Gasteiger partial charge in [-0.05, 0) is 80.2 Å². The monoisotopic (exact) mass is 797 g/mol. The number of aromatic nitrogens is 3. The third-order valence-corrected chi connectivity index (χ3v) is 17.9. The minimum atomic E-state index is -2.28. The number of aryl methyl sites for hydroxylation is 1. The maximum atomic E-state index is 17.5. The molecule has 2 aromatic carbocycles. The van der Waals surface area contributed by atoms with Crippen LogP contribution in [0.2, 0.25) is 16.6 Å². The van der Waals surface area contributed by atoms with E-state index in [1.54, 1.807) is 30.5 Å². The zero-order valence-corrected chi connectivity index (χ0v) is 36.1. The summed E-state index contributed by atoms with van der Waals surface area (Å²) >= 11 is 0. The maximum Gasteiger partial charge on any atom is 0.410 e. The van der Waals surface area contributed by atoms with Crippen LogP contribution in [0.5, 0.6) is 5.75 Å². The number of halogens is 2. The number of anilines is 1. The molecule has 1 amide bonds. The molecule has 0 saturated carbocycles. The Kier molecular flexibility index (Phi) is 12.3. The van der Waals surface area contributed by atoms with Crippen molar-refractivity contribution in [1.82, 2.24) is 19.9 Å². The molecule has 4 aromatic rings. The average molecular weight is 798 g/mol. The smallest absolute Gasteiger partial charge is 0.410 e. The van der Waals surface area contributed by atoms with E-state index in [-0.39, 0.29) is 41.7 Å². The van der Waals surface area contributed by atoms with E-state index < -0.39 is 25.3 Å². The van der Waals surface area contributed by atoms with Crippen molar-refractivity contribution >= 4 is 41.7 Å². The number of nitrogens with zero attached hydrogens (tertiary/aromatic N) is 5. The van der Waals surface area contributed by atoms with Crippen LogP contribution in [0.15, 0.2) is 43.1 Å². The third-order valence-electron chi connectivity index (χ3n) is 11.6. The Morgan fingerprint density at radius 3 is 2.30 bits per heavy atom. The van der Waals surface area contributed by atoms with Crippen molar-refractivity contribution in [3.05, 3.63) is 66.1 Å². The van der Waals surface area contributed by atoms with Gasteiger partial charge in [-0.1, -0.05) is 59.6 Å². The summed E-state index contributed by atoms with van der Waals surface area (Å²) in [7, 11) is -0.755. The van der Waals surface area contributed by atoms with Crippen LogP contribution in [0.25, 0.3) is 32.9 Å². The van der Waals surface area contributed by atoms with Gasteiger partial charge >= 0.3 is 6.09 Å². The van der Waals surface area contributed by atoms with Crippen molar-refractivity contribution in [2.45, 2.75) is 122 Å². The number of benzene rings is 2. The molecule has 2 bridgehead atoms. The molecule has 57 heavy (non-hydrogen) atoms. The number of carbonyl (C=O) groups is 1. The Bertz CT molecular complexity index is 2190. The summed E-state index contributed by atoms with van der Waals surface area (Å²) in [6.45, 7) is 23.7. The van der Waals surface area contributed by atoms with Gasteiger partial charge in [-0.25, -0.2) is 23.5 Å². The number of pyridine rings is 1. The largest absolute Gasteiger partial charge is 0.468 e. The normalized spacial score (nSPS) is 17.2. The van der Waals surface area contributed by atoms with Gasteiger partial charge in [-0.3, -0.25) is 9.88 Å². The van der Waals surface area contributed by atoms with Crippen LogP contribution in [-0.2, 0) is 15.9 Å². The molecule has 0 aliphatic carbocycles. The van der Waals surface area contributed by atoms with E-state index in [4.69, 9.17) is 29.2 Å². The number of hydrogen-bond donors (Lipinski definition) is 0. The summed E-state index contributed by atoms with van der Waals surface area (Å²) in [6.07, 6.45) is 5.78. The topological polar surface area (TPSA) is 89.9 Å². The predicted octanol–water partition coefficient (Wildman–Crippen LogP) is 10.4. The fourth-order valence-corrected chi connectivity index (χ4v) is 14.3. The minimum absolute atomic E-state index is 0.00163. The molecule has 2 aliphatic rings. The Morgan fingerprint density at radius 2 is 1.70 bits per heavy atom. The summed E-state index contributed by atoms with van der Waals surface area (Å²) < 4.78 is 50.5. The molecule has 0 N–H and O–H groups in total. The lowest BCUT2D eigenvalue weighted by molar-refractivity contribution is 0.0123. The second-order valence-electron chi connectivity index (χ2n) is 17.3. The molecule has 2 saturated heterocycles. The van der Waals surface area contributed by atoms with Crippen molar-refractivity contribution in [2.24, 2.45) is 0 Å². The van der Waals surface area contributed by atoms with E-state index in [0.717, 1.165) is 12.8 Å². The number of amides is 1. The zero-order valence-electron chi connectivity index (χ0n) is 35.1. The fraction of sp³-hybridized carbons (Fsp3) is 0.511. The van der Waals surface area contributed by atoms with E-state index in [1.807, 2.05) is 25.7 Å². The van der Waals surface area contributed by atoms with Crippen molar-refractivity contribution in [3.8, 4) is 28.5 Å². The van der Waals surface area contributed by atoms with Crippen LogP contribution in [0.4, 0.5) is 19.4 Å². The van der Waals surface area contributed by atoms with Crippen molar-refractivity contribution in [2.75, 3.05) is 31.9 Å². The first-order valence-corrected chi connectivity index (χ1v) is 22.4. The molecule has 6 rings (SSSR count). The Labute approximate surface area is 337 Å². The first kappa shape index (κ1) is 42.0. The summed E-state index contributed by atoms with van der Waals surface area (Å²) in [5.74, 6) is 3.63. The molecule has 2 aromatic heterocycles. The zero-order chi connectivity index (χ0) is 41.4. The highest BCUT2D eigenvalue weighted by molar-refractivity contribution is 6.90. The van der Waals surface area contributed by atoms with E-state index >= 15 is 8.78 Å². The Morgan fingerprint density at radius 1 is 1.04 bits per heavy atom. The van der Waals surface area contributed by atoms with Gasteiger partial charge in [0.2, 0.25) is 0 Å². The number of methoxy groups -OCH3 is 1. The van der Waals surface area contributed by atoms with Crippen LogP contribution in [0.3, 0.4) is 0 Å². The molecule has 2 atom stereocenters. The molecule has 2 fully saturated rings. The van der Waals surface area contributed by atoms with E-state index in [9.17, 15) is 4.79 Å². The van der Waals surface area contributed by atoms with E-state index in [0.29, 0.717) is 81.7 Å². The van der Waals surface area contributed by atoms with E-state index in [2.05, 4.69) is 64.5 Å². The molecule has 12 heteroatoms. The lowest BCUT2D eigenvalue weighted by Crippen LogP contribution is -2.57. The fourth-order valence-electron chi connectivity index (χ4n) is 9.08. The number of carbonyl (C=O) groups excluding carboxylic acids is 1. The Hall–Kier alpha value is -4.60. The van der Waals surface area contributed by atoms with Crippen LogP contribution >= 0.6 is 0 Å². The molecule has 0 radical (unpaired) electrons. The SMILES string of the molecule is C=CCCc1nc(N2CC3CCC(C2)N3C(=O)OC(C)(C)C)c2cnc(-c3cc(OCOC)cc4ccc(F)c(C#C[Si](C(C)C)(C(C)C)C(C)C)c34)c(F)c2n1. The van der Waals surface area contributed by atoms with Gasteiger partial charge < -0.3 is 19.1 Å². The first-order chi connectivity index (χ1) is 27.0. The van der Waals surface area contributed by atoms with Gasteiger partial charge in [0.25, 0.3) is 0 Å². The average Bonchev–Trinajstić information content (AvgIpc) is 3.42. The molecule has 0 spiro atoms. The van der Waals surface area contributed by atoms with Crippen molar-refractivity contribution in [1.29, 1.82) is 0 Å². The van der Waals surface area contributed by atoms with Crippen LogP contribution in [0.1, 0.15) is 93.0 Å². The standard InChI is InChI=1S/C45H57F2N5O4Si/c1-12-13-14-38-49-42-36(43(50-38)51-24-31-16-17-32(25-51)52(31)44(53)56-45(8,9)10)23-48-41(40(42)47)35-22-33(55-26-54-11)21-30-15-18-37(46)34(39(30)35)19-20-57(27(2)3,28(4)5)29(6)7/h12,15,18,21-23,27-29,31-32H,1,13-14,16-17,24-26H2,2-11H3. The summed E-state index contributed by atoms with van der Waals surface area (Å²) in [5.41, 5.74) is 4.70. The minimum Gasteiger partial charge on any atom is -0.468 e. The molecule has 2 unspecified atom stereocenters. The second-order valence-corrected chi connectivity index (χ2v) is 22.9. The lowest BCUT2D eigenvalue weighted by Gasteiger charge is -2.42. The molecule has 4 heterocycles. The number of ether oxygens (including phenoxy) is 3. The maximum absolute atomic E-state index is 17.5. The van der Waals surface area contributed by atoms with Gasteiger partial charge in [0, 0.05) is 43.8 Å². The van der Waals surface area contributed by atoms with Gasteiger partial charge in [-0.2, -0.15) is 0 Å². The van der Waals surface area contributed by atoms with Gasteiger partial charge in [-0.15, -0.1) is 12.1 Å². The van der Waals surface area contributed by atoms with Gasteiger partial charge in [0.05, 0.1) is 23.0 Å². The Balaban J connectivity index is 1.54. The quantitative estimate of drug-likeness (QED) is 0.0642. The summed E-state index contributed by atoms with van der Waals surface area (Å²) in [4.78, 5) is 31.8. The molecule has 2 aliphatic heterocycles. The highest BCUT2D eigenvalue weighted by atomic mass is 28.3. The highest BCUT2D eigenvalue weighted by Gasteiger charge is 2.45. The first-order valence-electron chi connectivity index (χ1n) is 20.1. The van der Waals surface area contributed by atoms with Crippen LogP contribution in [0, 0.1) is 23.1 Å². The highest BCUT2D eigenvalue weighted by Crippen LogP contribution is 2.43. The number of fused-ring (bicyclic) bond motifs is 4. The van der Waals surface area contributed by atoms with Gasteiger partial charge in [0.1, 0.15) is 48.1 Å². The number of rotatable bonds is 11. The summed E-state index contributed by atoms with van der Waals surface area (Å²) in [6, 6.07) is 6.36. The number of allylic oxidation sites excluding steroid dienone is 1. The summed E-state index contributed by atoms with van der Waals surface area (Å²) in [5, 5.41) is 1.53. The van der Waals surface area contributed by atoms with Gasteiger partial charge in [0.15, 0.2) is 12.6 Å². The lowest BCUT2D eigenvalue weighted by atomic mass is 9.95. The molecule has 9 nitrogen and oxygen atoms in total. The van der Waals surface area contributed by atoms with Crippen LogP contribution in [-0.4, -0.2) is 78.7 Å². The second kappa shape index (κ2) is 16.7. The van der Waals surface area contributed by atoms with E-state index in [1.165, 1.54) is 13.2 Å². The molecular weight excluding hydrogens is 741 g/mol. The third kappa shape index (κ3) is 8.24. The van der Waals surface area contributed by atoms with Crippen LogP contribution < -0.4 is 9.64 Å². The van der Waals surface area contributed by atoms with Crippen molar-refractivity contribution < 1.29 is 27.8 Å². The molecular formula is C45H57F2N5O4Si. The molecule has 304 valence electrons. The van der Waals surface area contributed by atoms with Crippen molar-refractivity contribution in [3.63, 3.8) is 0 Å². The number of hydrogen-bond acceptors (Lipinski definition) is 8. The number of piperazine rings is 1.